The Labute approximate surface area is 103 Å². The van der Waals surface area contributed by atoms with Gasteiger partial charge >= 0.3 is 6.18 Å². The van der Waals surface area contributed by atoms with Crippen molar-refractivity contribution in [2.24, 2.45) is 0 Å². The van der Waals surface area contributed by atoms with Gasteiger partial charge in [0.2, 0.25) is 5.91 Å². The molecule has 0 heterocycles. The molecule has 1 amide bonds. The monoisotopic (exact) mass is 260 g/mol. The molecule has 0 aromatic heterocycles. The van der Waals surface area contributed by atoms with Crippen LogP contribution in [0.5, 0.6) is 0 Å². The van der Waals surface area contributed by atoms with Crippen molar-refractivity contribution in [2.75, 3.05) is 12.4 Å². The van der Waals surface area contributed by atoms with E-state index in [9.17, 15) is 18.0 Å². The van der Waals surface area contributed by atoms with Gasteiger partial charge in [0, 0.05) is 11.7 Å². The molecule has 0 aliphatic rings. The number of para-hydroxylation sites is 1. The van der Waals surface area contributed by atoms with E-state index in [-0.39, 0.29) is 6.04 Å². The summed E-state index contributed by atoms with van der Waals surface area (Å²) in [6.07, 6.45) is -5.97. The molecule has 1 aromatic rings. The Morgan fingerprint density at radius 2 is 1.94 bits per heavy atom. The highest BCUT2D eigenvalue weighted by Gasteiger charge is 2.31. The van der Waals surface area contributed by atoms with Crippen LogP contribution in [0.15, 0.2) is 24.3 Å². The molecule has 0 radical (unpaired) electrons. The van der Waals surface area contributed by atoms with Crippen molar-refractivity contribution in [2.45, 2.75) is 25.6 Å². The van der Waals surface area contributed by atoms with E-state index in [1.807, 2.05) is 6.92 Å². The summed E-state index contributed by atoms with van der Waals surface area (Å²) in [6, 6.07) is 6.70. The molecule has 1 aromatic carbocycles. The van der Waals surface area contributed by atoms with Crippen LogP contribution in [0.3, 0.4) is 0 Å². The summed E-state index contributed by atoms with van der Waals surface area (Å²) in [5.41, 5.74) is 1.14. The first-order valence-corrected chi connectivity index (χ1v) is 5.46. The van der Waals surface area contributed by atoms with Gasteiger partial charge in [0.25, 0.3) is 0 Å². The van der Waals surface area contributed by atoms with E-state index in [4.69, 9.17) is 0 Å². The van der Waals surface area contributed by atoms with Crippen molar-refractivity contribution in [1.82, 2.24) is 5.32 Å². The van der Waals surface area contributed by atoms with E-state index in [2.05, 4.69) is 10.6 Å². The van der Waals surface area contributed by atoms with Crippen LogP contribution in [0, 0.1) is 0 Å². The minimum Gasteiger partial charge on any atom is -0.325 e. The highest BCUT2D eigenvalue weighted by Crippen LogP contribution is 2.24. The second-order valence-corrected chi connectivity index (χ2v) is 3.94. The summed E-state index contributed by atoms with van der Waals surface area (Å²) < 4.78 is 36.2. The summed E-state index contributed by atoms with van der Waals surface area (Å²) in [6.45, 7) is 1.86. The molecule has 0 bridgehead atoms. The first-order chi connectivity index (χ1) is 8.33. The van der Waals surface area contributed by atoms with Gasteiger partial charge in [-0.2, -0.15) is 13.2 Å². The fourth-order valence-electron chi connectivity index (χ4n) is 1.52. The lowest BCUT2D eigenvalue weighted by Crippen LogP contribution is -2.23. The van der Waals surface area contributed by atoms with E-state index in [1.54, 1.807) is 31.3 Å². The number of hydrogen-bond donors (Lipinski definition) is 2. The quantitative estimate of drug-likeness (QED) is 0.874. The second kappa shape index (κ2) is 5.86. The molecule has 1 rings (SSSR count). The number of carbonyl (C=O) groups is 1. The highest BCUT2D eigenvalue weighted by molar-refractivity contribution is 5.92. The van der Waals surface area contributed by atoms with Gasteiger partial charge in [-0.15, -0.1) is 0 Å². The molecule has 0 spiro atoms. The van der Waals surface area contributed by atoms with Crippen LogP contribution in [0.2, 0.25) is 0 Å². The Morgan fingerprint density at radius 3 is 2.50 bits per heavy atom. The van der Waals surface area contributed by atoms with Crippen LogP contribution < -0.4 is 10.6 Å². The number of carbonyl (C=O) groups excluding carboxylic acids is 1. The predicted octanol–water partition coefficient (Wildman–Crippen LogP) is 2.86. The topological polar surface area (TPSA) is 41.1 Å². The van der Waals surface area contributed by atoms with Gasteiger partial charge in [-0.1, -0.05) is 18.2 Å². The number of benzene rings is 1. The number of hydrogen-bond acceptors (Lipinski definition) is 2. The van der Waals surface area contributed by atoms with Crippen LogP contribution in [0.1, 0.15) is 24.9 Å². The van der Waals surface area contributed by atoms with Gasteiger partial charge < -0.3 is 10.6 Å². The third-order valence-electron chi connectivity index (χ3n) is 2.50. The maximum atomic E-state index is 12.1. The third kappa shape index (κ3) is 4.37. The molecule has 18 heavy (non-hydrogen) atoms. The third-order valence-corrected chi connectivity index (χ3v) is 2.50. The predicted molar refractivity (Wildman–Crippen MR) is 63.2 cm³/mol. The van der Waals surface area contributed by atoms with Crippen molar-refractivity contribution in [1.29, 1.82) is 0 Å². The molecular formula is C12H15F3N2O. The molecule has 100 valence electrons. The zero-order chi connectivity index (χ0) is 13.8. The van der Waals surface area contributed by atoms with E-state index in [0.29, 0.717) is 5.69 Å². The molecule has 2 N–H and O–H groups in total. The molecule has 1 atom stereocenters. The van der Waals surface area contributed by atoms with Gasteiger partial charge in [-0.05, 0) is 25.6 Å². The zero-order valence-corrected chi connectivity index (χ0v) is 10.1. The lowest BCUT2D eigenvalue weighted by atomic mass is 10.1. The van der Waals surface area contributed by atoms with Crippen LogP contribution in [0.4, 0.5) is 18.9 Å². The maximum Gasteiger partial charge on any atom is 0.397 e. The van der Waals surface area contributed by atoms with Crippen LogP contribution >= 0.6 is 0 Å². The molecule has 0 aliphatic heterocycles. The van der Waals surface area contributed by atoms with Gasteiger partial charge in [0.15, 0.2) is 0 Å². The fourth-order valence-corrected chi connectivity index (χ4v) is 1.52. The number of amides is 1. The summed E-state index contributed by atoms with van der Waals surface area (Å²) in [5, 5.41) is 5.25. The molecular weight excluding hydrogens is 245 g/mol. The summed E-state index contributed by atoms with van der Waals surface area (Å²) in [5.74, 6) is -1.06. The second-order valence-electron chi connectivity index (χ2n) is 3.94. The molecule has 0 saturated carbocycles. The van der Waals surface area contributed by atoms with Crippen LogP contribution in [-0.2, 0) is 4.79 Å². The average Bonchev–Trinajstić information content (AvgIpc) is 2.26. The van der Waals surface area contributed by atoms with Crippen molar-refractivity contribution >= 4 is 11.6 Å². The van der Waals surface area contributed by atoms with Gasteiger partial charge in [-0.25, -0.2) is 0 Å². The Hall–Kier alpha value is -1.56. The average molecular weight is 260 g/mol. The Kier molecular flexibility index (Phi) is 4.72. The minimum absolute atomic E-state index is 0.0626. The number of rotatable bonds is 4. The summed E-state index contributed by atoms with van der Waals surface area (Å²) >= 11 is 0. The van der Waals surface area contributed by atoms with Gasteiger partial charge in [0.05, 0.1) is 0 Å². The number of nitrogens with one attached hydrogen (secondary N) is 2. The normalized spacial score (nSPS) is 13.2. The molecule has 0 saturated heterocycles. The first kappa shape index (κ1) is 14.5. The number of anilines is 1. The minimum atomic E-state index is -4.49. The molecule has 6 heteroatoms. The Morgan fingerprint density at radius 1 is 1.33 bits per heavy atom. The number of alkyl halides is 3. The molecule has 0 aliphatic carbocycles. The lowest BCUT2D eigenvalue weighted by molar-refractivity contribution is -0.150. The van der Waals surface area contributed by atoms with E-state index in [1.165, 1.54) is 0 Å². The molecule has 0 fully saturated rings. The van der Waals surface area contributed by atoms with Crippen molar-refractivity contribution in [3.05, 3.63) is 29.8 Å². The van der Waals surface area contributed by atoms with Crippen molar-refractivity contribution in [3.8, 4) is 0 Å². The summed E-state index contributed by atoms with van der Waals surface area (Å²) in [7, 11) is 1.74. The van der Waals surface area contributed by atoms with Gasteiger partial charge in [-0.3, -0.25) is 4.79 Å². The van der Waals surface area contributed by atoms with Crippen molar-refractivity contribution in [3.63, 3.8) is 0 Å². The van der Waals surface area contributed by atoms with Crippen molar-refractivity contribution < 1.29 is 18.0 Å². The lowest BCUT2D eigenvalue weighted by Gasteiger charge is -2.16. The Bertz CT molecular complexity index is 418. The molecule has 1 unspecified atom stereocenters. The largest absolute Gasteiger partial charge is 0.397 e. The summed E-state index contributed by atoms with van der Waals surface area (Å²) in [4.78, 5) is 11.2. The fraction of sp³-hybridized carbons (Fsp3) is 0.417. The first-order valence-electron chi connectivity index (χ1n) is 5.46. The van der Waals surface area contributed by atoms with Crippen LogP contribution in [-0.4, -0.2) is 19.1 Å². The molecule has 3 nitrogen and oxygen atoms in total. The smallest absolute Gasteiger partial charge is 0.325 e. The van der Waals surface area contributed by atoms with E-state index >= 15 is 0 Å². The maximum absolute atomic E-state index is 12.1. The highest BCUT2D eigenvalue weighted by atomic mass is 19.4. The SMILES string of the molecule is CNC(C)c1ccccc1NC(=O)CC(F)(F)F. The standard InChI is InChI=1S/C12H15F3N2O/c1-8(16-2)9-5-3-4-6-10(9)17-11(18)7-12(13,14)15/h3-6,8,16H,7H2,1-2H3,(H,17,18). The van der Waals surface area contributed by atoms with E-state index < -0.39 is 18.5 Å². The van der Waals surface area contributed by atoms with Gasteiger partial charge in [0.1, 0.15) is 6.42 Å². The Balaban J connectivity index is 2.81. The van der Waals surface area contributed by atoms with E-state index in [0.717, 1.165) is 5.56 Å². The number of halogens is 3. The zero-order valence-electron chi connectivity index (χ0n) is 10.1. The van der Waals surface area contributed by atoms with Crippen LogP contribution in [0.25, 0.3) is 0 Å².